The predicted octanol–water partition coefficient (Wildman–Crippen LogP) is 4.40. The van der Waals surface area contributed by atoms with Crippen LogP contribution in [0.1, 0.15) is 54.4 Å². The third-order valence-electron chi connectivity index (χ3n) is 4.51. The minimum absolute atomic E-state index is 0.145. The summed E-state index contributed by atoms with van der Waals surface area (Å²) < 4.78 is 21.9. The number of benzene rings is 1. The van der Waals surface area contributed by atoms with Gasteiger partial charge in [0.1, 0.15) is 17.8 Å². The summed E-state index contributed by atoms with van der Waals surface area (Å²) in [5.41, 5.74) is -0.949. The second kappa shape index (κ2) is 11.9. The summed E-state index contributed by atoms with van der Waals surface area (Å²) in [7, 11) is 1.54. The van der Waals surface area contributed by atoms with Crippen molar-refractivity contribution in [3.05, 3.63) is 18.2 Å². The zero-order valence-corrected chi connectivity index (χ0v) is 21.3. The molecule has 190 valence electrons. The summed E-state index contributed by atoms with van der Waals surface area (Å²) in [6.45, 7) is 14.0. The average Bonchev–Trinajstić information content (AvgIpc) is 3.19. The van der Waals surface area contributed by atoms with Crippen LogP contribution in [0.3, 0.4) is 0 Å². The Kier molecular flexibility index (Phi) is 9.55. The Morgan fingerprint density at radius 2 is 1.65 bits per heavy atom. The van der Waals surface area contributed by atoms with Gasteiger partial charge in [0.15, 0.2) is 11.5 Å². The maximum atomic E-state index is 12.3. The monoisotopic (exact) mass is 478 g/mol. The lowest BCUT2D eigenvalue weighted by Crippen LogP contribution is -2.40. The first-order valence-corrected chi connectivity index (χ1v) is 11.5. The number of ether oxygens (including phenoxy) is 4. The van der Waals surface area contributed by atoms with E-state index < -0.39 is 23.4 Å². The molecule has 0 atom stereocenters. The molecular formula is C24H38N4O6. The van der Waals surface area contributed by atoms with Crippen LogP contribution in [0.4, 0.5) is 15.3 Å². The highest BCUT2D eigenvalue weighted by Crippen LogP contribution is 2.30. The molecule has 1 fully saturated rings. The summed E-state index contributed by atoms with van der Waals surface area (Å²) in [6, 6.07) is 5.17. The molecule has 1 aromatic carbocycles. The number of guanidine groups is 1. The zero-order chi connectivity index (χ0) is 25.4. The van der Waals surface area contributed by atoms with Crippen molar-refractivity contribution < 1.29 is 28.5 Å². The molecule has 0 spiro atoms. The fourth-order valence-electron chi connectivity index (χ4n) is 3.16. The van der Waals surface area contributed by atoms with E-state index in [4.69, 9.17) is 18.9 Å². The van der Waals surface area contributed by atoms with Gasteiger partial charge < -0.3 is 24.3 Å². The Morgan fingerprint density at radius 1 is 1.00 bits per heavy atom. The zero-order valence-electron chi connectivity index (χ0n) is 21.3. The van der Waals surface area contributed by atoms with Crippen LogP contribution < -0.4 is 20.1 Å². The van der Waals surface area contributed by atoms with Gasteiger partial charge in [-0.25, -0.2) is 9.59 Å². The topological polar surface area (TPSA) is 111 Å². The van der Waals surface area contributed by atoms with Crippen LogP contribution >= 0.6 is 0 Å². The molecular weight excluding hydrogens is 440 g/mol. The lowest BCUT2D eigenvalue weighted by molar-refractivity contribution is 0.0562. The van der Waals surface area contributed by atoms with Gasteiger partial charge in [-0.15, -0.1) is 4.99 Å². The Hall–Kier alpha value is -3.01. The highest BCUT2D eigenvalue weighted by atomic mass is 16.6. The van der Waals surface area contributed by atoms with Crippen molar-refractivity contribution in [2.45, 2.75) is 65.6 Å². The molecule has 2 rings (SSSR count). The molecule has 1 saturated heterocycles. The number of carbonyl (C=O) groups is 2. The maximum Gasteiger partial charge on any atom is 0.437 e. The molecule has 1 aliphatic rings. The lowest BCUT2D eigenvalue weighted by atomic mass is 10.2. The molecule has 0 aliphatic carbocycles. The molecule has 1 heterocycles. The van der Waals surface area contributed by atoms with E-state index in [2.05, 4.69) is 20.5 Å². The second-order valence-corrected chi connectivity index (χ2v) is 9.96. The van der Waals surface area contributed by atoms with Gasteiger partial charge in [0.25, 0.3) is 0 Å². The van der Waals surface area contributed by atoms with E-state index in [1.165, 1.54) is 12.8 Å². The number of methoxy groups -OCH3 is 1. The number of aliphatic imine (C=N–C) groups is 1. The van der Waals surface area contributed by atoms with Crippen LogP contribution in [-0.2, 0) is 9.47 Å². The van der Waals surface area contributed by atoms with Gasteiger partial charge in [-0.1, -0.05) is 0 Å². The Bertz CT molecular complexity index is 867. The van der Waals surface area contributed by atoms with Crippen LogP contribution in [0.2, 0.25) is 0 Å². The molecule has 0 unspecified atom stereocenters. The van der Waals surface area contributed by atoms with Crippen molar-refractivity contribution in [2.75, 3.05) is 38.7 Å². The molecule has 1 aliphatic heterocycles. The van der Waals surface area contributed by atoms with E-state index in [0.717, 1.165) is 19.6 Å². The third kappa shape index (κ3) is 10.3. The van der Waals surface area contributed by atoms with Gasteiger partial charge in [-0.3, -0.25) is 10.2 Å². The van der Waals surface area contributed by atoms with Crippen molar-refractivity contribution in [1.82, 2.24) is 10.2 Å². The van der Waals surface area contributed by atoms with E-state index in [9.17, 15) is 9.59 Å². The number of rotatable bonds is 6. The SMILES string of the molecule is COc1cc(N/C(=N\C(=O)OC(C)(C)C)NC(=O)OC(C)(C)C)ccc1OCCN1CCCC1. The number of likely N-dealkylation sites (tertiary alicyclic amines) is 1. The van der Waals surface area contributed by atoms with Gasteiger partial charge in [-0.2, -0.15) is 0 Å². The number of hydrogen-bond donors (Lipinski definition) is 2. The minimum atomic E-state index is -0.861. The van der Waals surface area contributed by atoms with Crippen molar-refractivity contribution in [2.24, 2.45) is 4.99 Å². The number of nitrogens with zero attached hydrogens (tertiary/aromatic N) is 2. The molecule has 1 aromatic rings. The van der Waals surface area contributed by atoms with Crippen molar-refractivity contribution in [1.29, 1.82) is 0 Å². The van der Waals surface area contributed by atoms with E-state index in [0.29, 0.717) is 23.8 Å². The van der Waals surface area contributed by atoms with Crippen LogP contribution in [0.15, 0.2) is 23.2 Å². The minimum Gasteiger partial charge on any atom is -0.493 e. The largest absolute Gasteiger partial charge is 0.493 e. The highest BCUT2D eigenvalue weighted by Gasteiger charge is 2.21. The number of nitrogens with one attached hydrogen (secondary N) is 2. The van der Waals surface area contributed by atoms with Crippen LogP contribution in [-0.4, -0.2) is 67.6 Å². The second-order valence-electron chi connectivity index (χ2n) is 9.96. The summed E-state index contributed by atoms with van der Waals surface area (Å²) in [5, 5.41) is 5.36. The molecule has 0 bridgehead atoms. The number of anilines is 1. The number of amides is 2. The first-order valence-electron chi connectivity index (χ1n) is 11.5. The van der Waals surface area contributed by atoms with E-state index in [-0.39, 0.29) is 5.96 Å². The normalized spacial score (nSPS) is 15.0. The van der Waals surface area contributed by atoms with Crippen LogP contribution in [0.5, 0.6) is 11.5 Å². The van der Waals surface area contributed by atoms with Crippen molar-refractivity contribution in [3.8, 4) is 11.5 Å². The van der Waals surface area contributed by atoms with Gasteiger partial charge in [0, 0.05) is 18.3 Å². The lowest BCUT2D eigenvalue weighted by Gasteiger charge is -2.21. The number of carbonyl (C=O) groups excluding carboxylic acids is 2. The maximum absolute atomic E-state index is 12.3. The number of hydrogen-bond acceptors (Lipinski definition) is 7. The summed E-state index contributed by atoms with van der Waals surface area (Å²) >= 11 is 0. The van der Waals surface area contributed by atoms with E-state index in [1.54, 1.807) is 66.9 Å². The van der Waals surface area contributed by atoms with Crippen LogP contribution in [0.25, 0.3) is 0 Å². The average molecular weight is 479 g/mol. The van der Waals surface area contributed by atoms with Gasteiger partial charge >= 0.3 is 12.2 Å². The van der Waals surface area contributed by atoms with Crippen molar-refractivity contribution >= 4 is 23.8 Å². The molecule has 10 nitrogen and oxygen atoms in total. The fraction of sp³-hybridized carbons (Fsp3) is 0.625. The van der Waals surface area contributed by atoms with Crippen LogP contribution in [0, 0.1) is 0 Å². The number of alkyl carbamates (subject to hydrolysis) is 1. The predicted molar refractivity (Wildman–Crippen MR) is 131 cm³/mol. The first-order chi connectivity index (χ1) is 15.8. The summed E-state index contributed by atoms with van der Waals surface area (Å²) in [6.07, 6.45) is 0.832. The molecule has 0 radical (unpaired) electrons. The third-order valence-corrected chi connectivity index (χ3v) is 4.51. The van der Waals surface area contributed by atoms with E-state index in [1.807, 2.05) is 0 Å². The van der Waals surface area contributed by atoms with E-state index >= 15 is 0 Å². The Morgan fingerprint density at radius 3 is 2.24 bits per heavy atom. The molecule has 10 heteroatoms. The summed E-state index contributed by atoms with van der Waals surface area (Å²) in [4.78, 5) is 30.7. The Balaban J connectivity index is 2.12. The molecule has 2 N–H and O–H groups in total. The quantitative estimate of drug-likeness (QED) is 0.457. The van der Waals surface area contributed by atoms with Gasteiger partial charge in [-0.05, 0) is 79.6 Å². The van der Waals surface area contributed by atoms with Gasteiger partial charge in [0.05, 0.1) is 7.11 Å². The fourth-order valence-corrected chi connectivity index (χ4v) is 3.16. The standard InChI is InChI=1S/C24H38N4O6/c1-23(2,3)33-21(29)26-20(27-22(30)34-24(4,5)6)25-17-10-11-18(19(16-17)31-7)32-15-14-28-12-8-9-13-28/h10-11,16H,8-9,12-15H2,1-7H3,(H2,25,26,27,29,30). The highest BCUT2D eigenvalue weighted by molar-refractivity contribution is 6.06. The van der Waals surface area contributed by atoms with Gasteiger partial charge in [0.2, 0.25) is 5.96 Å². The smallest absolute Gasteiger partial charge is 0.437 e. The Labute approximate surface area is 202 Å². The first kappa shape index (κ1) is 27.2. The van der Waals surface area contributed by atoms with Crippen molar-refractivity contribution in [3.63, 3.8) is 0 Å². The molecule has 34 heavy (non-hydrogen) atoms. The molecule has 2 amide bonds. The molecule has 0 aromatic heterocycles. The summed E-state index contributed by atoms with van der Waals surface area (Å²) in [5.74, 6) is 0.951. The molecule has 0 saturated carbocycles.